The third-order valence-electron chi connectivity index (χ3n) is 3.93. The molecular formula is C22H18O3. The van der Waals surface area contributed by atoms with Crippen LogP contribution in [0.2, 0.25) is 0 Å². The Balaban J connectivity index is 1.92. The van der Waals surface area contributed by atoms with E-state index in [0.717, 1.165) is 29.2 Å². The van der Waals surface area contributed by atoms with Gasteiger partial charge in [0.2, 0.25) is 0 Å². The number of hydrogen-bond donors (Lipinski definition) is 2. The van der Waals surface area contributed by atoms with Gasteiger partial charge in [-0.2, -0.15) is 0 Å². The molecule has 0 spiro atoms. The highest BCUT2D eigenvalue weighted by Crippen LogP contribution is 2.31. The number of rotatable bonds is 5. The molecule has 0 amide bonds. The molecule has 0 aromatic heterocycles. The molecule has 0 unspecified atom stereocenters. The maximum absolute atomic E-state index is 10.7. The van der Waals surface area contributed by atoms with E-state index in [1.54, 1.807) is 18.2 Å². The molecule has 0 aliphatic rings. The Morgan fingerprint density at radius 3 is 2.40 bits per heavy atom. The summed E-state index contributed by atoms with van der Waals surface area (Å²) in [6.45, 7) is 0. The van der Waals surface area contributed by atoms with Crippen molar-refractivity contribution in [2.75, 3.05) is 0 Å². The standard InChI is InChI=1S/C22H18O3/c23-21-11-9-17(10-12-22(24)25)15-20(21)19-8-4-7-18(14-19)13-16-5-2-1-3-6-16/h1-12,14-15,23H,13H2,(H,24,25)/b12-10+. The molecule has 0 fully saturated rings. The van der Waals surface area contributed by atoms with Crippen molar-refractivity contribution in [3.05, 3.63) is 95.6 Å². The summed E-state index contributed by atoms with van der Waals surface area (Å²) in [4.78, 5) is 10.7. The Morgan fingerprint density at radius 2 is 1.64 bits per heavy atom. The molecule has 3 heteroatoms. The van der Waals surface area contributed by atoms with E-state index in [9.17, 15) is 9.90 Å². The third-order valence-corrected chi connectivity index (χ3v) is 3.93. The largest absolute Gasteiger partial charge is 0.507 e. The molecular weight excluding hydrogens is 312 g/mol. The molecule has 0 atom stereocenters. The number of hydrogen-bond acceptors (Lipinski definition) is 2. The van der Waals surface area contributed by atoms with Gasteiger partial charge in [0.25, 0.3) is 0 Å². The lowest BCUT2D eigenvalue weighted by molar-refractivity contribution is -0.131. The van der Waals surface area contributed by atoms with Crippen LogP contribution in [0, 0.1) is 0 Å². The number of benzene rings is 3. The van der Waals surface area contributed by atoms with Crippen LogP contribution in [0.3, 0.4) is 0 Å². The van der Waals surface area contributed by atoms with Gasteiger partial charge in [-0.15, -0.1) is 0 Å². The van der Waals surface area contributed by atoms with Gasteiger partial charge in [-0.3, -0.25) is 0 Å². The summed E-state index contributed by atoms with van der Waals surface area (Å²) in [5.74, 6) is -0.830. The Kier molecular flexibility index (Phi) is 4.95. The lowest BCUT2D eigenvalue weighted by atomic mass is 9.97. The van der Waals surface area contributed by atoms with Gasteiger partial charge in [0.05, 0.1) is 0 Å². The van der Waals surface area contributed by atoms with Crippen molar-refractivity contribution in [2.45, 2.75) is 6.42 Å². The molecule has 3 rings (SSSR count). The molecule has 0 aliphatic carbocycles. The first-order valence-electron chi connectivity index (χ1n) is 7.99. The van der Waals surface area contributed by atoms with Gasteiger partial charge in [0, 0.05) is 11.6 Å². The fourth-order valence-corrected chi connectivity index (χ4v) is 2.74. The monoisotopic (exact) mass is 330 g/mol. The van der Waals surface area contributed by atoms with E-state index in [2.05, 4.69) is 18.2 Å². The van der Waals surface area contributed by atoms with Crippen molar-refractivity contribution in [2.24, 2.45) is 0 Å². The van der Waals surface area contributed by atoms with E-state index in [-0.39, 0.29) is 5.75 Å². The smallest absolute Gasteiger partial charge is 0.328 e. The van der Waals surface area contributed by atoms with Crippen LogP contribution in [0.15, 0.2) is 78.9 Å². The second kappa shape index (κ2) is 7.49. The van der Waals surface area contributed by atoms with Crippen molar-refractivity contribution in [1.82, 2.24) is 0 Å². The third kappa shape index (κ3) is 4.36. The maximum Gasteiger partial charge on any atom is 0.328 e. The number of carboxylic acid groups (broad SMARTS) is 1. The van der Waals surface area contributed by atoms with Crippen LogP contribution in [0.4, 0.5) is 0 Å². The van der Waals surface area contributed by atoms with Crippen LogP contribution in [-0.2, 0) is 11.2 Å². The summed E-state index contributed by atoms with van der Waals surface area (Å²) in [5.41, 5.74) is 4.68. The van der Waals surface area contributed by atoms with E-state index in [0.29, 0.717) is 5.56 Å². The second-order valence-electron chi connectivity index (χ2n) is 5.81. The SMILES string of the molecule is O=C(O)/C=C/c1ccc(O)c(-c2cccc(Cc3ccccc3)c2)c1. The lowest BCUT2D eigenvalue weighted by Gasteiger charge is -2.09. The zero-order chi connectivity index (χ0) is 17.6. The van der Waals surface area contributed by atoms with Gasteiger partial charge in [-0.1, -0.05) is 60.7 Å². The van der Waals surface area contributed by atoms with Gasteiger partial charge in [-0.25, -0.2) is 4.79 Å². The number of carboxylic acids is 1. The van der Waals surface area contributed by atoms with Crippen LogP contribution >= 0.6 is 0 Å². The normalized spacial score (nSPS) is 10.9. The van der Waals surface area contributed by atoms with Crippen LogP contribution in [0.25, 0.3) is 17.2 Å². The molecule has 0 bridgehead atoms. The lowest BCUT2D eigenvalue weighted by Crippen LogP contribution is -1.89. The van der Waals surface area contributed by atoms with Crippen LogP contribution in [-0.4, -0.2) is 16.2 Å². The minimum atomic E-state index is -1.00. The van der Waals surface area contributed by atoms with Gasteiger partial charge in [0.1, 0.15) is 5.75 Å². The zero-order valence-corrected chi connectivity index (χ0v) is 13.6. The average Bonchev–Trinajstić information content (AvgIpc) is 2.62. The van der Waals surface area contributed by atoms with Gasteiger partial charge < -0.3 is 10.2 Å². The topological polar surface area (TPSA) is 57.5 Å². The molecule has 0 heterocycles. The molecule has 0 radical (unpaired) electrons. The highest BCUT2D eigenvalue weighted by atomic mass is 16.4. The number of phenols is 1. The van der Waals surface area contributed by atoms with Crippen molar-refractivity contribution in [3.8, 4) is 16.9 Å². The van der Waals surface area contributed by atoms with Crippen LogP contribution in [0.5, 0.6) is 5.75 Å². The first kappa shape index (κ1) is 16.5. The molecule has 124 valence electrons. The van der Waals surface area contributed by atoms with Crippen molar-refractivity contribution < 1.29 is 15.0 Å². The number of carbonyl (C=O) groups is 1. The van der Waals surface area contributed by atoms with Crippen molar-refractivity contribution in [3.63, 3.8) is 0 Å². The summed E-state index contributed by atoms with van der Waals surface area (Å²) in [6, 6.07) is 23.3. The highest BCUT2D eigenvalue weighted by Gasteiger charge is 2.06. The van der Waals surface area contributed by atoms with E-state index in [1.807, 2.05) is 36.4 Å². The van der Waals surface area contributed by atoms with Crippen LogP contribution in [0.1, 0.15) is 16.7 Å². The molecule has 2 N–H and O–H groups in total. The molecule has 3 nitrogen and oxygen atoms in total. The van der Waals surface area contributed by atoms with E-state index < -0.39 is 5.97 Å². The maximum atomic E-state index is 10.7. The molecule has 3 aromatic carbocycles. The molecule has 0 saturated carbocycles. The predicted molar refractivity (Wildman–Crippen MR) is 99.5 cm³/mol. The number of aliphatic carboxylic acids is 1. The second-order valence-corrected chi connectivity index (χ2v) is 5.81. The first-order chi connectivity index (χ1) is 12.1. The van der Waals surface area contributed by atoms with E-state index in [1.165, 1.54) is 11.6 Å². The fraction of sp³-hybridized carbons (Fsp3) is 0.0455. The van der Waals surface area contributed by atoms with Crippen molar-refractivity contribution in [1.29, 1.82) is 0 Å². The molecule has 0 aliphatic heterocycles. The van der Waals surface area contributed by atoms with Crippen LogP contribution < -0.4 is 0 Å². The Morgan fingerprint density at radius 1 is 0.880 bits per heavy atom. The van der Waals surface area contributed by atoms with E-state index >= 15 is 0 Å². The van der Waals surface area contributed by atoms with Gasteiger partial charge >= 0.3 is 5.97 Å². The van der Waals surface area contributed by atoms with Gasteiger partial charge in [-0.05, 0) is 46.9 Å². The Labute approximate surface area is 146 Å². The average molecular weight is 330 g/mol. The Bertz CT molecular complexity index is 912. The number of aromatic hydroxyl groups is 1. The summed E-state index contributed by atoms with van der Waals surface area (Å²) >= 11 is 0. The first-order valence-corrected chi connectivity index (χ1v) is 7.99. The summed E-state index contributed by atoms with van der Waals surface area (Å²) in [7, 11) is 0. The quantitative estimate of drug-likeness (QED) is 0.664. The molecule has 0 saturated heterocycles. The summed E-state index contributed by atoms with van der Waals surface area (Å²) in [6.07, 6.45) is 3.41. The summed E-state index contributed by atoms with van der Waals surface area (Å²) < 4.78 is 0. The minimum absolute atomic E-state index is 0.171. The number of phenolic OH excluding ortho intramolecular Hbond substituents is 1. The molecule has 25 heavy (non-hydrogen) atoms. The van der Waals surface area contributed by atoms with Gasteiger partial charge in [0.15, 0.2) is 0 Å². The minimum Gasteiger partial charge on any atom is -0.507 e. The molecule has 3 aromatic rings. The van der Waals surface area contributed by atoms with E-state index in [4.69, 9.17) is 5.11 Å². The zero-order valence-electron chi connectivity index (χ0n) is 13.6. The van der Waals surface area contributed by atoms with Crippen molar-refractivity contribution >= 4 is 12.0 Å². The predicted octanol–water partition coefficient (Wildman–Crippen LogP) is 4.75. The fourth-order valence-electron chi connectivity index (χ4n) is 2.74. The Hall–Kier alpha value is -3.33. The highest BCUT2D eigenvalue weighted by molar-refractivity contribution is 5.86. The summed E-state index contributed by atoms with van der Waals surface area (Å²) in [5, 5.41) is 19.0.